The van der Waals surface area contributed by atoms with E-state index in [0.29, 0.717) is 24.2 Å². The van der Waals surface area contributed by atoms with E-state index in [0.717, 1.165) is 33.2 Å². The second-order valence-corrected chi connectivity index (χ2v) is 7.44. The van der Waals surface area contributed by atoms with Crippen molar-refractivity contribution in [2.45, 2.75) is 6.42 Å². The first-order chi connectivity index (χ1) is 14.2. The Morgan fingerprint density at radius 1 is 0.966 bits per heavy atom. The maximum absolute atomic E-state index is 12.9. The minimum absolute atomic E-state index is 0.0624. The van der Waals surface area contributed by atoms with Crippen molar-refractivity contribution in [2.75, 3.05) is 11.9 Å². The molecule has 0 fully saturated rings. The fourth-order valence-electron chi connectivity index (χ4n) is 3.40. The van der Waals surface area contributed by atoms with Crippen LogP contribution in [0.1, 0.15) is 11.1 Å². The number of ether oxygens (including phenoxy) is 1. The first-order valence-electron chi connectivity index (χ1n) is 9.27. The lowest BCUT2D eigenvalue weighted by atomic mass is 9.93. The Hall–Kier alpha value is -3.05. The van der Waals surface area contributed by atoms with Gasteiger partial charge in [-0.3, -0.25) is 0 Å². The average molecular weight is 451 g/mol. The molecule has 0 bridgehead atoms. The van der Waals surface area contributed by atoms with Crippen molar-refractivity contribution in [3.05, 3.63) is 94.3 Å². The quantitative estimate of drug-likeness (QED) is 0.309. The second kappa shape index (κ2) is 8.53. The van der Waals surface area contributed by atoms with Gasteiger partial charge in [0, 0.05) is 16.8 Å². The molecule has 4 aromatic rings. The summed E-state index contributed by atoms with van der Waals surface area (Å²) in [6, 6.07) is 22.3. The zero-order valence-electron chi connectivity index (χ0n) is 15.6. The Kier molecular flexibility index (Phi) is 5.67. The van der Waals surface area contributed by atoms with Crippen LogP contribution < -0.4 is 10.4 Å². The number of fused-ring (bicyclic) bond motifs is 1. The number of rotatable bonds is 6. The van der Waals surface area contributed by atoms with Crippen LogP contribution in [0.15, 0.2) is 82.0 Å². The molecule has 29 heavy (non-hydrogen) atoms. The Labute approximate surface area is 176 Å². The van der Waals surface area contributed by atoms with Crippen molar-refractivity contribution >= 4 is 26.9 Å². The highest BCUT2D eigenvalue weighted by atomic mass is 79.9. The van der Waals surface area contributed by atoms with Crippen LogP contribution in [0, 0.1) is 0 Å². The summed E-state index contributed by atoms with van der Waals surface area (Å²) >= 11 is 3.35. The third kappa shape index (κ3) is 4.20. The van der Waals surface area contributed by atoms with E-state index in [-0.39, 0.29) is 5.75 Å². The molecule has 0 aliphatic heterocycles. The van der Waals surface area contributed by atoms with E-state index in [1.165, 1.54) is 6.07 Å². The Morgan fingerprint density at radius 2 is 1.72 bits per heavy atom. The summed E-state index contributed by atoms with van der Waals surface area (Å²) in [5, 5.41) is 11.4. The van der Waals surface area contributed by atoms with Gasteiger partial charge in [0.2, 0.25) is 0 Å². The van der Waals surface area contributed by atoms with Gasteiger partial charge in [0.1, 0.15) is 17.1 Å². The standard InChI is InChI=1S/C24H19BrO4/c25-12-13-28-19-9-6-16(7-10-19)14-21-20-11-8-18(26)15-22(20)29-24(27)23(21)17-4-2-1-3-5-17/h1-11,15,26H,12-14H2. The number of hydrogen-bond acceptors (Lipinski definition) is 4. The molecule has 0 spiro atoms. The molecule has 4 nitrogen and oxygen atoms in total. The first-order valence-corrected chi connectivity index (χ1v) is 10.4. The molecule has 5 heteroatoms. The number of hydrogen-bond donors (Lipinski definition) is 1. The second-order valence-electron chi connectivity index (χ2n) is 6.65. The molecule has 4 rings (SSSR count). The highest BCUT2D eigenvalue weighted by molar-refractivity contribution is 9.09. The summed E-state index contributed by atoms with van der Waals surface area (Å²) < 4.78 is 11.1. The van der Waals surface area contributed by atoms with Crippen molar-refractivity contribution in [1.82, 2.24) is 0 Å². The summed E-state index contributed by atoms with van der Waals surface area (Å²) in [6.07, 6.45) is 0.551. The Balaban J connectivity index is 1.84. The van der Waals surface area contributed by atoms with Crippen LogP contribution in [0.2, 0.25) is 0 Å². The number of phenolic OH excluding ortho intramolecular Hbond substituents is 1. The zero-order chi connectivity index (χ0) is 20.2. The molecule has 0 amide bonds. The molecule has 1 aromatic heterocycles. The van der Waals surface area contributed by atoms with E-state index in [9.17, 15) is 9.90 Å². The molecule has 0 unspecified atom stereocenters. The minimum atomic E-state index is -0.415. The summed E-state index contributed by atoms with van der Waals surface area (Å²) in [4.78, 5) is 12.9. The van der Waals surface area contributed by atoms with Gasteiger partial charge in [0.15, 0.2) is 0 Å². The van der Waals surface area contributed by atoms with E-state index >= 15 is 0 Å². The highest BCUT2D eigenvalue weighted by Crippen LogP contribution is 2.31. The smallest absolute Gasteiger partial charge is 0.344 e. The van der Waals surface area contributed by atoms with Gasteiger partial charge in [0.05, 0.1) is 12.2 Å². The molecule has 146 valence electrons. The van der Waals surface area contributed by atoms with Crippen LogP contribution in [0.5, 0.6) is 11.5 Å². The fraction of sp³-hybridized carbons (Fsp3) is 0.125. The largest absolute Gasteiger partial charge is 0.508 e. The van der Waals surface area contributed by atoms with Gasteiger partial charge in [-0.15, -0.1) is 0 Å². The molecule has 1 heterocycles. The van der Waals surface area contributed by atoms with E-state index in [2.05, 4.69) is 15.9 Å². The summed E-state index contributed by atoms with van der Waals surface area (Å²) in [7, 11) is 0. The number of benzene rings is 3. The maximum Gasteiger partial charge on any atom is 0.344 e. The van der Waals surface area contributed by atoms with Gasteiger partial charge in [-0.1, -0.05) is 58.4 Å². The van der Waals surface area contributed by atoms with Crippen LogP contribution in [0.4, 0.5) is 0 Å². The van der Waals surface area contributed by atoms with Gasteiger partial charge >= 0.3 is 5.63 Å². The van der Waals surface area contributed by atoms with E-state index in [1.54, 1.807) is 12.1 Å². The Bertz CT molecular complexity index is 1180. The predicted octanol–water partition coefficient (Wildman–Crippen LogP) is 5.53. The topological polar surface area (TPSA) is 59.7 Å². The molecule has 3 aromatic carbocycles. The van der Waals surface area contributed by atoms with Gasteiger partial charge < -0.3 is 14.3 Å². The summed E-state index contributed by atoms with van der Waals surface area (Å²) in [5.74, 6) is 0.867. The summed E-state index contributed by atoms with van der Waals surface area (Å²) in [6.45, 7) is 0.603. The molecule has 0 aliphatic rings. The lowest BCUT2D eigenvalue weighted by Gasteiger charge is -2.13. The third-order valence-electron chi connectivity index (χ3n) is 4.71. The molecular formula is C24H19BrO4. The number of aromatic hydroxyl groups is 1. The first kappa shape index (κ1) is 19.3. The molecule has 0 atom stereocenters. The van der Waals surface area contributed by atoms with Crippen molar-refractivity contribution in [3.8, 4) is 22.6 Å². The minimum Gasteiger partial charge on any atom is -0.508 e. The van der Waals surface area contributed by atoms with Crippen LogP contribution in [-0.2, 0) is 6.42 Å². The SMILES string of the molecule is O=c1oc2cc(O)ccc2c(Cc2ccc(OCCBr)cc2)c1-c1ccccc1. The zero-order valence-corrected chi connectivity index (χ0v) is 17.2. The van der Waals surface area contributed by atoms with Gasteiger partial charge in [0.25, 0.3) is 0 Å². The lowest BCUT2D eigenvalue weighted by molar-refractivity contribution is 0.345. The number of halogens is 1. The van der Waals surface area contributed by atoms with Gasteiger partial charge in [-0.2, -0.15) is 0 Å². The van der Waals surface area contributed by atoms with Crippen LogP contribution in [-0.4, -0.2) is 17.0 Å². The highest BCUT2D eigenvalue weighted by Gasteiger charge is 2.17. The molecule has 0 saturated carbocycles. The maximum atomic E-state index is 12.9. The van der Waals surface area contributed by atoms with Crippen molar-refractivity contribution in [1.29, 1.82) is 0 Å². The monoisotopic (exact) mass is 450 g/mol. The van der Waals surface area contributed by atoms with Crippen LogP contribution in [0.3, 0.4) is 0 Å². The van der Waals surface area contributed by atoms with Gasteiger partial charge in [-0.25, -0.2) is 4.79 Å². The fourth-order valence-corrected chi connectivity index (χ4v) is 3.56. The molecule has 0 radical (unpaired) electrons. The van der Waals surface area contributed by atoms with Crippen LogP contribution in [0.25, 0.3) is 22.1 Å². The molecule has 0 aliphatic carbocycles. The van der Waals surface area contributed by atoms with E-state index in [4.69, 9.17) is 9.15 Å². The summed E-state index contributed by atoms with van der Waals surface area (Å²) in [5.41, 5.74) is 3.24. The average Bonchev–Trinajstić information content (AvgIpc) is 2.73. The Morgan fingerprint density at radius 3 is 2.45 bits per heavy atom. The molecular weight excluding hydrogens is 432 g/mol. The number of alkyl halides is 1. The predicted molar refractivity (Wildman–Crippen MR) is 118 cm³/mol. The van der Waals surface area contributed by atoms with E-state index in [1.807, 2.05) is 54.6 Å². The normalized spacial score (nSPS) is 10.9. The van der Waals surface area contributed by atoms with E-state index < -0.39 is 5.63 Å². The molecule has 0 saturated heterocycles. The lowest BCUT2D eigenvalue weighted by Crippen LogP contribution is -2.08. The van der Waals surface area contributed by atoms with Gasteiger partial charge in [-0.05, 0) is 47.4 Å². The number of phenols is 1. The molecule has 1 N–H and O–H groups in total. The van der Waals surface area contributed by atoms with Crippen molar-refractivity contribution < 1.29 is 14.3 Å². The van der Waals surface area contributed by atoms with Crippen molar-refractivity contribution in [2.24, 2.45) is 0 Å². The third-order valence-corrected chi connectivity index (χ3v) is 5.04. The van der Waals surface area contributed by atoms with Crippen molar-refractivity contribution in [3.63, 3.8) is 0 Å². The van der Waals surface area contributed by atoms with Crippen LogP contribution >= 0.6 is 15.9 Å².